The van der Waals surface area contributed by atoms with Crippen molar-refractivity contribution in [2.24, 2.45) is 0 Å². The first-order chi connectivity index (χ1) is 33.3. The minimum atomic E-state index is -0.798. The van der Waals surface area contributed by atoms with Crippen LogP contribution in [0.25, 0.3) is 55.3 Å². The van der Waals surface area contributed by atoms with Gasteiger partial charge < -0.3 is 14.2 Å². The number of furan rings is 1. The Bertz CT molecular complexity index is 3510. The number of hydrogen-bond acceptors (Lipinski definition) is 3. The van der Waals surface area contributed by atoms with Crippen LogP contribution in [0, 0.1) is 27.7 Å². The molecule has 13 rings (SSSR count). The Kier molecular flexibility index (Phi) is 9.00. The molecule has 1 spiro atoms. The summed E-state index contributed by atoms with van der Waals surface area (Å²) in [6.45, 7) is 8.62. The SMILES string of the molecule is Cc1ccc(N(c2ccc(C)cc2)c2ccc3c(c2)C2(c4cc(N(c5ccc(C)cc5)c5ccc(C)cc5)ccc4-c4ccccc4-3)c3ccccc3-c3cc4c(cc32)oc2ccccc24)cc1. The molecule has 11 aromatic rings. The highest BCUT2D eigenvalue weighted by Gasteiger charge is 2.51. The molecule has 0 radical (unpaired) electrons. The number of nitrogens with zero attached hydrogens (tertiary/aromatic N) is 2. The van der Waals surface area contributed by atoms with Crippen molar-refractivity contribution in [1.82, 2.24) is 0 Å². The molecule has 2 aliphatic rings. The number of anilines is 6. The molecular formula is C65H48N2O. The van der Waals surface area contributed by atoms with Crippen molar-refractivity contribution in [3.8, 4) is 33.4 Å². The Labute approximate surface area is 397 Å². The van der Waals surface area contributed by atoms with Crippen LogP contribution in [0.2, 0.25) is 0 Å². The van der Waals surface area contributed by atoms with Crippen LogP contribution in [0.5, 0.6) is 0 Å². The van der Waals surface area contributed by atoms with E-state index in [1.807, 2.05) is 0 Å². The minimum absolute atomic E-state index is 0.798. The van der Waals surface area contributed by atoms with E-state index in [-0.39, 0.29) is 0 Å². The van der Waals surface area contributed by atoms with E-state index in [0.29, 0.717) is 0 Å². The second-order valence-electron chi connectivity index (χ2n) is 18.8. The van der Waals surface area contributed by atoms with Crippen molar-refractivity contribution in [3.05, 3.63) is 263 Å². The number of fused-ring (bicyclic) bond motifs is 15. The summed E-state index contributed by atoms with van der Waals surface area (Å²) in [5.41, 5.74) is 24.7. The molecule has 0 atom stereocenters. The number of hydrogen-bond donors (Lipinski definition) is 0. The fourth-order valence-corrected chi connectivity index (χ4v) is 11.3. The molecule has 10 aromatic carbocycles. The first kappa shape index (κ1) is 39.9. The number of para-hydroxylation sites is 1. The molecule has 0 N–H and O–H groups in total. The van der Waals surface area contributed by atoms with Gasteiger partial charge in [-0.05, 0) is 174 Å². The van der Waals surface area contributed by atoms with Crippen molar-refractivity contribution in [1.29, 1.82) is 0 Å². The third kappa shape index (κ3) is 6.05. The molecule has 0 saturated heterocycles. The van der Waals surface area contributed by atoms with Crippen LogP contribution < -0.4 is 9.80 Å². The summed E-state index contributed by atoms with van der Waals surface area (Å²) in [5.74, 6) is 0. The maximum Gasteiger partial charge on any atom is 0.135 e. The highest BCUT2D eigenvalue weighted by atomic mass is 16.3. The number of aryl methyl sites for hydroxylation is 4. The van der Waals surface area contributed by atoms with Gasteiger partial charge >= 0.3 is 0 Å². The zero-order valence-electron chi connectivity index (χ0n) is 38.6. The summed E-state index contributed by atoms with van der Waals surface area (Å²) >= 11 is 0. The monoisotopic (exact) mass is 872 g/mol. The van der Waals surface area contributed by atoms with Crippen LogP contribution in [0.15, 0.2) is 223 Å². The topological polar surface area (TPSA) is 19.6 Å². The van der Waals surface area contributed by atoms with E-state index in [9.17, 15) is 0 Å². The summed E-state index contributed by atoms with van der Waals surface area (Å²) in [5, 5.41) is 2.25. The number of benzene rings is 10. The van der Waals surface area contributed by atoms with Gasteiger partial charge in [0, 0.05) is 44.9 Å². The van der Waals surface area contributed by atoms with E-state index in [4.69, 9.17) is 4.42 Å². The summed E-state index contributed by atoms with van der Waals surface area (Å²) in [4.78, 5) is 4.84. The zero-order valence-corrected chi connectivity index (χ0v) is 38.6. The molecule has 0 saturated carbocycles. The van der Waals surface area contributed by atoms with Gasteiger partial charge in [-0.3, -0.25) is 0 Å². The Morgan fingerprint density at radius 2 is 0.662 bits per heavy atom. The molecular weight excluding hydrogens is 825 g/mol. The predicted molar refractivity (Wildman–Crippen MR) is 284 cm³/mol. The lowest BCUT2D eigenvalue weighted by Gasteiger charge is -2.37. The molecule has 1 heterocycles. The smallest absolute Gasteiger partial charge is 0.135 e. The van der Waals surface area contributed by atoms with E-state index in [1.54, 1.807) is 0 Å². The maximum atomic E-state index is 6.86. The van der Waals surface area contributed by atoms with Crippen molar-refractivity contribution in [3.63, 3.8) is 0 Å². The highest BCUT2D eigenvalue weighted by molar-refractivity contribution is 6.09. The first-order valence-electron chi connectivity index (χ1n) is 23.6. The molecule has 0 bridgehead atoms. The maximum absolute atomic E-state index is 6.86. The van der Waals surface area contributed by atoms with E-state index >= 15 is 0 Å². The van der Waals surface area contributed by atoms with Crippen molar-refractivity contribution < 1.29 is 4.42 Å². The van der Waals surface area contributed by atoms with Crippen molar-refractivity contribution in [2.75, 3.05) is 9.80 Å². The van der Waals surface area contributed by atoms with Gasteiger partial charge in [-0.2, -0.15) is 0 Å². The summed E-state index contributed by atoms with van der Waals surface area (Å²) < 4.78 is 6.86. The van der Waals surface area contributed by atoms with Crippen LogP contribution in [0.3, 0.4) is 0 Å². The van der Waals surface area contributed by atoms with Gasteiger partial charge in [0.15, 0.2) is 0 Å². The lowest BCUT2D eigenvalue weighted by atomic mass is 9.65. The second kappa shape index (κ2) is 15.3. The Morgan fingerprint density at radius 3 is 1.15 bits per heavy atom. The van der Waals surface area contributed by atoms with Crippen LogP contribution >= 0.6 is 0 Å². The average Bonchev–Trinajstić information content (AvgIpc) is 3.85. The Balaban J connectivity index is 1.18. The van der Waals surface area contributed by atoms with Crippen LogP contribution in [-0.2, 0) is 5.41 Å². The summed E-state index contributed by atoms with van der Waals surface area (Å²) in [6.07, 6.45) is 0. The van der Waals surface area contributed by atoms with Gasteiger partial charge in [0.2, 0.25) is 0 Å². The fourth-order valence-electron chi connectivity index (χ4n) is 11.3. The molecule has 3 nitrogen and oxygen atoms in total. The third-order valence-electron chi connectivity index (χ3n) is 14.5. The van der Waals surface area contributed by atoms with Gasteiger partial charge in [-0.25, -0.2) is 0 Å². The molecule has 1 aromatic heterocycles. The van der Waals surface area contributed by atoms with Gasteiger partial charge in [0.05, 0.1) is 5.41 Å². The van der Waals surface area contributed by atoms with Crippen LogP contribution in [-0.4, -0.2) is 0 Å². The van der Waals surface area contributed by atoms with Crippen LogP contribution in [0.4, 0.5) is 34.1 Å². The standard InChI is InChI=1S/C65H48N2O/c1-41-17-25-45(26-18-41)66(46-27-19-42(2)20-28-46)49-33-35-54-51-11-5-6-12-52(51)55-36-34-50(67(47-29-21-43(3)22-30-47)48-31-23-44(4)24-32-48)38-61(55)65(60(54)37-49)59-15-9-7-13-53(59)57-39-58-56-14-8-10-16-63(56)68-64(58)40-62(57)65/h5-40H,1-4H3. The van der Waals surface area contributed by atoms with Crippen molar-refractivity contribution in [2.45, 2.75) is 33.1 Å². The average molecular weight is 873 g/mol. The van der Waals surface area contributed by atoms with Gasteiger partial charge in [-0.15, -0.1) is 0 Å². The normalized spacial score (nSPS) is 12.8. The van der Waals surface area contributed by atoms with Crippen molar-refractivity contribution >= 4 is 56.1 Å². The second-order valence-corrected chi connectivity index (χ2v) is 18.8. The quantitative estimate of drug-likeness (QED) is 0.166. The van der Waals surface area contributed by atoms with Gasteiger partial charge in [0.25, 0.3) is 0 Å². The molecule has 0 amide bonds. The molecule has 324 valence electrons. The highest BCUT2D eigenvalue weighted by Crippen LogP contribution is 2.63. The third-order valence-corrected chi connectivity index (χ3v) is 14.5. The minimum Gasteiger partial charge on any atom is -0.456 e. The van der Waals surface area contributed by atoms with Gasteiger partial charge in [0.1, 0.15) is 11.2 Å². The number of rotatable bonds is 6. The van der Waals surface area contributed by atoms with E-state index < -0.39 is 5.41 Å². The van der Waals surface area contributed by atoms with E-state index in [0.717, 1.165) is 56.1 Å². The Hall–Kier alpha value is -8.40. The lowest BCUT2D eigenvalue weighted by molar-refractivity contribution is 0.666. The summed E-state index contributed by atoms with van der Waals surface area (Å²) in [7, 11) is 0. The molecule has 2 aliphatic carbocycles. The predicted octanol–water partition coefficient (Wildman–Crippen LogP) is 17.8. The molecule has 68 heavy (non-hydrogen) atoms. The van der Waals surface area contributed by atoms with E-state index in [2.05, 4.69) is 256 Å². The molecule has 0 fully saturated rings. The Morgan fingerprint density at radius 1 is 0.279 bits per heavy atom. The first-order valence-corrected chi connectivity index (χ1v) is 23.6. The van der Waals surface area contributed by atoms with E-state index in [1.165, 1.54) is 77.9 Å². The molecule has 3 heteroatoms. The largest absolute Gasteiger partial charge is 0.456 e. The summed E-state index contributed by atoms with van der Waals surface area (Å²) in [6, 6.07) is 81.5. The van der Waals surface area contributed by atoms with Gasteiger partial charge in [-0.1, -0.05) is 150 Å². The molecule has 0 unspecified atom stereocenters. The van der Waals surface area contributed by atoms with Crippen LogP contribution in [0.1, 0.15) is 44.5 Å². The lowest BCUT2D eigenvalue weighted by Crippen LogP contribution is -2.30. The fraction of sp³-hybridized carbons (Fsp3) is 0.0769. The molecule has 0 aliphatic heterocycles. The zero-order chi connectivity index (χ0) is 45.7.